The third-order valence-electron chi connectivity index (χ3n) is 11.9. The Balaban J connectivity index is 2.80. The molecule has 1 aliphatic heterocycles. The van der Waals surface area contributed by atoms with Gasteiger partial charge in [-0.3, -0.25) is 14.4 Å². The zero-order valence-electron chi connectivity index (χ0n) is 38.9. The van der Waals surface area contributed by atoms with Gasteiger partial charge in [0.1, 0.15) is 30.5 Å². The van der Waals surface area contributed by atoms with E-state index in [1.807, 2.05) is 27.7 Å². The number of carbonyl (C=O) groups is 3. The van der Waals surface area contributed by atoms with Crippen LogP contribution in [-0.4, -0.2) is 93.8 Å². The largest absolute Gasteiger partial charge is 0.388 e. The Labute approximate surface area is 361 Å². The lowest BCUT2D eigenvalue weighted by molar-refractivity contribution is -0.255. The van der Waals surface area contributed by atoms with Crippen LogP contribution in [0.4, 0.5) is 0 Å². The highest BCUT2D eigenvalue weighted by Gasteiger charge is 2.47. The molecule has 0 aromatic rings. The maximum atomic E-state index is 13.8. The van der Waals surface area contributed by atoms with Gasteiger partial charge < -0.3 is 41.3 Å². The Hall–Kier alpha value is -1.79. The summed E-state index contributed by atoms with van der Waals surface area (Å²) < 4.78 is 6.23. The lowest BCUT2D eigenvalue weighted by Gasteiger charge is -2.45. The van der Waals surface area contributed by atoms with Gasteiger partial charge in [-0.25, -0.2) is 0 Å². The number of nitrogens with two attached hydrogens (primary N) is 1. The van der Waals surface area contributed by atoms with Gasteiger partial charge in [-0.2, -0.15) is 0 Å². The van der Waals surface area contributed by atoms with Gasteiger partial charge in [-0.1, -0.05) is 189 Å². The van der Waals surface area contributed by atoms with Crippen LogP contribution < -0.4 is 16.4 Å². The molecule has 348 valence electrons. The molecule has 11 heteroatoms. The molecule has 1 saturated heterocycles. The van der Waals surface area contributed by atoms with E-state index < -0.39 is 54.5 Å². The van der Waals surface area contributed by atoms with Crippen molar-refractivity contribution in [2.75, 3.05) is 13.1 Å². The average molecular weight is 839 g/mol. The minimum atomic E-state index is -1.58. The molecule has 0 spiro atoms. The Kier molecular flexibility index (Phi) is 32.5. The number of nitrogens with zero attached hydrogens (tertiary/aromatic N) is 1. The fourth-order valence-electron chi connectivity index (χ4n) is 8.23. The van der Waals surface area contributed by atoms with Crippen LogP contribution in [0.5, 0.6) is 0 Å². The van der Waals surface area contributed by atoms with Crippen molar-refractivity contribution in [3.05, 3.63) is 0 Å². The van der Waals surface area contributed by atoms with Crippen LogP contribution in [0.2, 0.25) is 0 Å². The second-order valence-corrected chi connectivity index (χ2v) is 18.7. The van der Waals surface area contributed by atoms with Crippen LogP contribution in [0.25, 0.3) is 0 Å². The van der Waals surface area contributed by atoms with Crippen molar-refractivity contribution in [1.29, 1.82) is 0 Å². The summed E-state index contributed by atoms with van der Waals surface area (Å²) in [6.07, 6.45) is 24.4. The molecule has 3 amide bonds. The maximum absolute atomic E-state index is 13.8. The monoisotopic (exact) mass is 839 g/mol. The zero-order valence-corrected chi connectivity index (χ0v) is 38.9. The van der Waals surface area contributed by atoms with Crippen molar-refractivity contribution in [2.45, 2.75) is 264 Å². The summed E-state index contributed by atoms with van der Waals surface area (Å²) in [6.45, 7) is 12.5. The normalized spacial score (nSPS) is 20.5. The first-order chi connectivity index (χ1) is 28.3. The Morgan fingerprint density at radius 3 is 1.44 bits per heavy atom. The number of ether oxygens (including phenoxy) is 1. The van der Waals surface area contributed by atoms with Gasteiger partial charge in [-0.15, -0.1) is 0 Å². The number of hydrogen-bond acceptors (Lipinski definition) is 8. The minimum absolute atomic E-state index is 0.0974. The number of hydrogen-bond donors (Lipinski definition) is 6. The predicted octanol–water partition coefficient (Wildman–Crippen LogP) is 8.83. The molecule has 7 atom stereocenters. The van der Waals surface area contributed by atoms with E-state index in [0.29, 0.717) is 25.8 Å². The molecule has 0 bridgehead atoms. The number of aliphatic hydroxyl groups is 3. The molecule has 1 heterocycles. The topological polar surface area (TPSA) is 174 Å². The number of amides is 3. The first-order valence-corrected chi connectivity index (χ1v) is 24.7. The van der Waals surface area contributed by atoms with Crippen molar-refractivity contribution < 1.29 is 34.4 Å². The van der Waals surface area contributed by atoms with Crippen molar-refractivity contribution in [3.63, 3.8) is 0 Å². The Morgan fingerprint density at radius 2 is 1.00 bits per heavy atom. The van der Waals surface area contributed by atoms with Crippen molar-refractivity contribution in [2.24, 2.45) is 17.6 Å². The highest BCUT2D eigenvalue weighted by Crippen LogP contribution is 2.26. The molecular formula is C48H94N4O7. The first kappa shape index (κ1) is 55.2. The minimum Gasteiger partial charge on any atom is -0.388 e. The van der Waals surface area contributed by atoms with Crippen molar-refractivity contribution >= 4 is 17.7 Å². The second kappa shape index (κ2) is 34.8. The SMILES string of the molecule is CCCCCCCCCCCCCCCCCCN(C(=O)CCCCCCCCCCC)[C@@H]1O[C@H](CNC(=O)[C@H](CC(C)C)NC(=O)[C@@H](N)CC(C)C)[C@@H](O)[C@H](O)[C@H]1O. The molecule has 1 fully saturated rings. The summed E-state index contributed by atoms with van der Waals surface area (Å²) in [5.74, 6) is -0.680. The second-order valence-electron chi connectivity index (χ2n) is 18.7. The van der Waals surface area contributed by atoms with E-state index >= 15 is 0 Å². The van der Waals surface area contributed by atoms with Gasteiger partial charge in [0, 0.05) is 19.5 Å². The lowest BCUT2D eigenvalue weighted by Crippen LogP contribution is -2.65. The molecule has 1 aliphatic rings. The van der Waals surface area contributed by atoms with Gasteiger partial charge in [0.25, 0.3) is 0 Å². The predicted molar refractivity (Wildman–Crippen MR) is 242 cm³/mol. The van der Waals surface area contributed by atoms with Crippen LogP contribution in [0.15, 0.2) is 0 Å². The van der Waals surface area contributed by atoms with E-state index in [2.05, 4.69) is 24.5 Å². The molecule has 0 aromatic heterocycles. The lowest BCUT2D eigenvalue weighted by atomic mass is 9.96. The number of aliphatic hydroxyl groups excluding tert-OH is 3. The summed E-state index contributed by atoms with van der Waals surface area (Å²) in [7, 11) is 0. The maximum Gasteiger partial charge on any atom is 0.242 e. The van der Waals surface area contributed by atoms with E-state index in [4.69, 9.17) is 10.5 Å². The van der Waals surface area contributed by atoms with Crippen LogP contribution >= 0.6 is 0 Å². The fraction of sp³-hybridized carbons (Fsp3) is 0.938. The molecule has 0 saturated carbocycles. The van der Waals surface area contributed by atoms with E-state index in [1.165, 1.54) is 109 Å². The van der Waals surface area contributed by atoms with Crippen LogP contribution in [0.1, 0.15) is 221 Å². The molecule has 11 nitrogen and oxygen atoms in total. The third-order valence-corrected chi connectivity index (χ3v) is 11.9. The summed E-state index contributed by atoms with van der Waals surface area (Å²) in [5.41, 5.74) is 6.10. The van der Waals surface area contributed by atoms with Gasteiger partial charge in [-0.05, 0) is 37.5 Å². The average Bonchev–Trinajstić information content (AvgIpc) is 3.19. The third kappa shape index (κ3) is 25.7. The highest BCUT2D eigenvalue weighted by molar-refractivity contribution is 5.89. The van der Waals surface area contributed by atoms with Gasteiger partial charge in [0.2, 0.25) is 17.7 Å². The summed E-state index contributed by atoms with van der Waals surface area (Å²) in [4.78, 5) is 41.7. The molecule has 0 unspecified atom stereocenters. The Morgan fingerprint density at radius 1 is 0.576 bits per heavy atom. The molecule has 0 aliphatic carbocycles. The van der Waals surface area contributed by atoms with Gasteiger partial charge >= 0.3 is 0 Å². The highest BCUT2D eigenvalue weighted by atomic mass is 16.6. The summed E-state index contributed by atoms with van der Waals surface area (Å²) in [6, 6.07) is -1.59. The standard InChI is InChI=1S/C48H94N4O7/c1-7-9-11-13-15-17-18-19-20-21-22-23-25-27-29-31-33-52(42(53)32-30-28-26-24-16-14-12-10-8-2)48-45(56)44(55)43(54)41(59-48)36-50-47(58)40(35-38(5)6)51-46(57)39(49)34-37(3)4/h37-41,43-45,48,54-56H,7-36,49H2,1-6H3,(H,50,58)(H,51,57)/t39-,40-,41+,43+,44-,45+,48+/m0/s1. The number of unbranched alkanes of at least 4 members (excludes halogenated alkanes) is 23. The van der Waals surface area contributed by atoms with E-state index in [1.54, 1.807) is 4.90 Å². The van der Waals surface area contributed by atoms with Crippen LogP contribution in [0.3, 0.4) is 0 Å². The molecule has 1 rings (SSSR count). The summed E-state index contributed by atoms with van der Waals surface area (Å²) in [5, 5.41) is 38.8. The van der Waals surface area contributed by atoms with E-state index in [0.717, 1.165) is 51.4 Å². The number of nitrogens with one attached hydrogen (secondary N) is 2. The quantitative estimate of drug-likeness (QED) is 0.0337. The van der Waals surface area contributed by atoms with Gasteiger partial charge in [0.15, 0.2) is 6.23 Å². The fourth-order valence-corrected chi connectivity index (χ4v) is 8.23. The summed E-state index contributed by atoms with van der Waals surface area (Å²) >= 11 is 0. The van der Waals surface area contributed by atoms with E-state index in [9.17, 15) is 29.7 Å². The van der Waals surface area contributed by atoms with Crippen molar-refractivity contribution in [3.8, 4) is 0 Å². The van der Waals surface area contributed by atoms with Crippen molar-refractivity contribution in [1.82, 2.24) is 15.5 Å². The van der Waals surface area contributed by atoms with Crippen LogP contribution in [-0.2, 0) is 19.1 Å². The van der Waals surface area contributed by atoms with Crippen LogP contribution in [0, 0.1) is 11.8 Å². The first-order valence-electron chi connectivity index (χ1n) is 24.7. The van der Waals surface area contributed by atoms with Gasteiger partial charge in [0.05, 0.1) is 6.04 Å². The Bertz CT molecular complexity index is 1060. The number of carbonyl (C=O) groups excluding carboxylic acids is 3. The molecule has 59 heavy (non-hydrogen) atoms. The van der Waals surface area contributed by atoms with E-state index in [-0.39, 0.29) is 24.3 Å². The molecular weight excluding hydrogens is 745 g/mol. The molecule has 7 N–H and O–H groups in total. The smallest absolute Gasteiger partial charge is 0.242 e. The molecule has 0 aromatic carbocycles. The molecule has 0 radical (unpaired) electrons. The zero-order chi connectivity index (χ0) is 43.8. The number of rotatable bonds is 37.